The van der Waals surface area contributed by atoms with Crippen LogP contribution in [0.4, 0.5) is 10.5 Å². The fourth-order valence-corrected chi connectivity index (χ4v) is 2.49. The number of amides is 1. The zero-order valence-corrected chi connectivity index (χ0v) is 13.9. The van der Waals surface area contributed by atoms with Gasteiger partial charge in [0.25, 0.3) is 0 Å². The molecule has 0 bridgehead atoms. The smallest absolute Gasteiger partial charge is 0.415 e. The third-order valence-corrected chi connectivity index (χ3v) is 3.49. The minimum absolute atomic E-state index is 0.0460. The van der Waals surface area contributed by atoms with Gasteiger partial charge in [0, 0.05) is 4.47 Å². The number of nitrogens with zero attached hydrogens (tertiary/aromatic N) is 1. The van der Waals surface area contributed by atoms with Crippen LogP contribution in [-0.2, 0) is 9.47 Å². The van der Waals surface area contributed by atoms with Crippen LogP contribution < -0.4 is 4.90 Å². The fraction of sp³-hybridized carbons (Fsp3) is 0.533. The average Bonchev–Trinajstić information content (AvgIpc) is 2.21. The van der Waals surface area contributed by atoms with E-state index < -0.39 is 5.60 Å². The van der Waals surface area contributed by atoms with Crippen molar-refractivity contribution in [3.8, 4) is 0 Å². The van der Waals surface area contributed by atoms with Crippen molar-refractivity contribution in [1.82, 2.24) is 0 Å². The summed E-state index contributed by atoms with van der Waals surface area (Å²) in [7, 11) is 0. The van der Waals surface area contributed by atoms with Crippen LogP contribution in [0.2, 0.25) is 0 Å². The largest absolute Gasteiger partial charge is 0.443 e. The molecule has 1 aliphatic heterocycles. The molecule has 0 aliphatic carbocycles. The van der Waals surface area contributed by atoms with E-state index in [2.05, 4.69) is 15.9 Å². The Morgan fingerprint density at radius 2 is 2.05 bits per heavy atom. The number of ether oxygens (including phenoxy) is 2. The zero-order valence-electron chi connectivity index (χ0n) is 12.3. The molecule has 20 heavy (non-hydrogen) atoms. The first-order chi connectivity index (χ1) is 9.28. The van der Waals surface area contributed by atoms with Gasteiger partial charge in [-0.2, -0.15) is 0 Å². The van der Waals surface area contributed by atoms with Gasteiger partial charge >= 0.3 is 6.09 Å². The first kappa shape index (κ1) is 15.3. The molecule has 1 aromatic rings. The molecule has 1 aliphatic rings. The van der Waals surface area contributed by atoms with Crippen LogP contribution >= 0.6 is 15.9 Å². The molecule has 0 spiro atoms. The van der Waals surface area contributed by atoms with E-state index in [0.717, 1.165) is 15.7 Å². The van der Waals surface area contributed by atoms with Gasteiger partial charge in [0.1, 0.15) is 5.60 Å². The highest BCUT2D eigenvalue weighted by molar-refractivity contribution is 9.10. The van der Waals surface area contributed by atoms with Gasteiger partial charge < -0.3 is 9.47 Å². The highest BCUT2D eigenvalue weighted by Gasteiger charge is 2.34. The van der Waals surface area contributed by atoms with Crippen LogP contribution in [0, 0.1) is 6.92 Å². The van der Waals surface area contributed by atoms with E-state index in [0.29, 0.717) is 13.2 Å². The minimum Gasteiger partial charge on any atom is -0.443 e. The number of halogens is 1. The quantitative estimate of drug-likeness (QED) is 0.818. The lowest BCUT2D eigenvalue weighted by Gasteiger charge is -2.38. The molecule has 0 saturated carbocycles. The van der Waals surface area contributed by atoms with Crippen molar-refractivity contribution in [3.05, 3.63) is 28.2 Å². The molecule has 0 unspecified atom stereocenters. The second-order valence-electron chi connectivity index (χ2n) is 5.97. The molecule has 5 heteroatoms. The molecule has 1 aromatic carbocycles. The lowest BCUT2D eigenvalue weighted by molar-refractivity contribution is -0.000406. The maximum atomic E-state index is 12.5. The highest BCUT2D eigenvalue weighted by atomic mass is 79.9. The fourth-order valence-electron chi connectivity index (χ4n) is 2.02. The molecule has 0 aromatic heterocycles. The van der Waals surface area contributed by atoms with Crippen molar-refractivity contribution >= 4 is 27.7 Å². The van der Waals surface area contributed by atoms with Gasteiger partial charge in [-0.05, 0) is 51.5 Å². The van der Waals surface area contributed by atoms with E-state index >= 15 is 0 Å². The van der Waals surface area contributed by atoms with Gasteiger partial charge in [0.2, 0.25) is 0 Å². The van der Waals surface area contributed by atoms with Crippen molar-refractivity contribution in [3.63, 3.8) is 0 Å². The Labute approximate surface area is 128 Å². The summed E-state index contributed by atoms with van der Waals surface area (Å²) in [4.78, 5) is 14.2. The molecule has 1 heterocycles. The third-order valence-electron chi connectivity index (χ3n) is 2.99. The Balaban J connectivity index is 2.30. The van der Waals surface area contributed by atoms with E-state index in [1.807, 2.05) is 45.9 Å². The number of hydrogen-bond donors (Lipinski definition) is 0. The van der Waals surface area contributed by atoms with Gasteiger partial charge in [0.15, 0.2) is 0 Å². The predicted molar refractivity (Wildman–Crippen MR) is 82.2 cm³/mol. The Morgan fingerprint density at radius 1 is 1.40 bits per heavy atom. The van der Waals surface area contributed by atoms with Gasteiger partial charge in [-0.1, -0.05) is 15.9 Å². The molecular weight excluding hydrogens is 322 g/mol. The molecule has 0 radical (unpaired) electrons. The summed E-state index contributed by atoms with van der Waals surface area (Å²) in [5.41, 5.74) is 1.39. The summed E-state index contributed by atoms with van der Waals surface area (Å²) in [5.74, 6) is 0. The van der Waals surface area contributed by atoms with E-state index in [1.165, 1.54) is 0 Å². The Kier molecular flexibility index (Phi) is 4.39. The van der Waals surface area contributed by atoms with E-state index in [4.69, 9.17) is 9.47 Å². The topological polar surface area (TPSA) is 38.8 Å². The second kappa shape index (κ2) is 5.74. The monoisotopic (exact) mass is 341 g/mol. The number of carbonyl (C=O) groups excluding carboxylic acids is 1. The van der Waals surface area contributed by atoms with Crippen LogP contribution in [0.3, 0.4) is 0 Å². The maximum absolute atomic E-state index is 12.5. The molecule has 1 fully saturated rings. The SMILES string of the molecule is Cc1cc(Br)ccc1N(C(=O)OC(C)(C)C)C1COC1. The normalized spacial score (nSPS) is 15.7. The Morgan fingerprint density at radius 3 is 2.50 bits per heavy atom. The second-order valence-corrected chi connectivity index (χ2v) is 6.89. The van der Waals surface area contributed by atoms with Crippen LogP contribution in [0.5, 0.6) is 0 Å². The minimum atomic E-state index is -0.511. The summed E-state index contributed by atoms with van der Waals surface area (Å²) < 4.78 is 11.7. The number of aryl methyl sites for hydroxylation is 1. The lowest BCUT2D eigenvalue weighted by Crippen LogP contribution is -2.53. The molecule has 0 atom stereocenters. The van der Waals surface area contributed by atoms with Crippen molar-refractivity contribution in [2.24, 2.45) is 0 Å². The molecular formula is C15H20BrNO3. The van der Waals surface area contributed by atoms with Crippen molar-refractivity contribution in [2.75, 3.05) is 18.1 Å². The van der Waals surface area contributed by atoms with Crippen LogP contribution in [0.25, 0.3) is 0 Å². The van der Waals surface area contributed by atoms with E-state index in [1.54, 1.807) is 4.90 Å². The Hall–Kier alpha value is -1.07. The van der Waals surface area contributed by atoms with Gasteiger partial charge in [-0.15, -0.1) is 0 Å². The number of rotatable bonds is 2. The van der Waals surface area contributed by atoms with Crippen LogP contribution in [0.1, 0.15) is 26.3 Å². The maximum Gasteiger partial charge on any atom is 0.415 e. The molecule has 110 valence electrons. The summed E-state index contributed by atoms with van der Waals surface area (Å²) in [6.45, 7) is 8.69. The molecule has 4 nitrogen and oxygen atoms in total. The standard InChI is InChI=1S/C15H20BrNO3/c1-10-7-11(16)5-6-13(10)17(12-8-19-9-12)14(18)20-15(2,3)4/h5-7,12H,8-9H2,1-4H3. The third kappa shape index (κ3) is 3.52. The van der Waals surface area contributed by atoms with Crippen molar-refractivity contribution < 1.29 is 14.3 Å². The van der Waals surface area contributed by atoms with Crippen LogP contribution in [-0.4, -0.2) is 30.9 Å². The van der Waals surface area contributed by atoms with Gasteiger partial charge in [-0.3, -0.25) is 4.90 Å². The zero-order chi connectivity index (χ0) is 14.9. The van der Waals surface area contributed by atoms with E-state index in [9.17, 15) is 4.79 Å². The molecule has 2 rings (SSSR count). The molecule has 1 saturated heterocycles. The molecule has 0 N–H and O–H groups in total. The Bertz CT molecular complexity index is 506. The number of hydrogen-bond acceptors (Lipinski definition) is 3. The van der Waals surface area contributed by atoms with E-state index in [-0.39, 0.29) is 12.1 Å². The van der Waals surface area contributed by atoms with Gasteiger partial charge in [0.05, 0.1) is 24.9 Å². The first-order valence-corrected chi connectivity index (χ1v) is 7.43. The first-order valence-electron chi connectivity index (χ1n) is 6.64. The summed E-state index contributed by atoms with van der Waals surface area (Å²) in [5, 5.41) is 0. The summed E-state index contributed by atoms with van der Waals surface area (Å²) in [6, 6.07) is 5.90. The molecule has 1 amide bonds. The average molecular weight is 342 g/mol. The van der Waals surface area contributed by atoms with Crippen molar-refractivity contribution in [2.45, 2.75) is 39.3 Å². The summed E-state index contributed by atoms with van der Waals surface area (Å²) in [6.07, 6.45) is -0.323. The van der Waals surface area contributed by atoms with Crippen molar-refractivity contribution in [1.29, 1.82) is 0 Å². The van der Waals surface area contributed by atoms with Crippen LogP contribution in [0.15, 0.2) is 22.7 Å². The summed E-state index contributed by atoms with van der Waals surface area (Å²) >= 11 is 3.44. The lowest BCUT2D eigenvalue weighted by atomic mass is 10.1. The predicted octanol–water partition coefficient (Wildman–Crippen LogP) is 3.90. The number of anilines is 1. The number of benzene rings is 1. The highest BCUT2D eigenvalue weighted by Crippen LogP contribution is 2.29. The number of carbonyl (C=O) groups is 1. The van der Waals surface area contributed by atoms with Gasteiger partial charge in [-0.25, -0.2) is 4.79 Å².